The lowest BCUT2D eigenvalue weighted by Gasteiger charge is -2.08. The maximum absolute atomic E-state index is 10.3. The third-order valence-corrected chi connectivity index (χ3v) is 3.66. The molecule has 0 unspecified atom stereocenters. The molecule has 0 spiro atoms. The van der Waals surface area contributed by atoms with E-state index < -0.39 is 36.0 Å². The fourth-order valence-electron chi connectivity index (χ4n) is 1.40. The summed E-state index contributed by atoms with van der Waals surface area (Å²) in [5.41, 5.74) is 9.51. The number of rotatable bonds is 7. The average molecular weight is 475 g/mol. The smallest absolute Gasteiger partial charge is 0.327 e. The van der Waals surface area contributed by atoms with Crippen molar-refractivity contribution < 1.29 is 44.4 Å². The SMILES string of the molecule is CC(=O)N[C@@H](CS)C(=O)O.NCC(=O)O.N[C@@H](CS)C(=O)O.O=C(O)[C@@H]1CCCN1. The van der Waals surface area contributed by atoms with Gasteiger partial charge in [-0.1, -0.05) is 0 Å². The first-order valence-corrected chi connectivity index (χ1v) is 9.68. The van der Waals surface area contributed by atoms with E-state index >= 15 is 0 Å². The minimum Gasteiger partial charge on any atom is -0.480 e. The molecule has 0 radical (unpaired) electrons. The van der Waals surface area contributed by atoms with Crippen LogP contribution < -0.4 is 22.1 Å². The van der Waals surface area contributed by atoms with Crippen molar-refractivity contribution in [2.45, 2.75) is 37.9 Å². The minimum atomic E-state index is -1.06. The first-order chi connectivity index (χ1) is 13.8. The summed E-state index contributed by atoms with van der Waals surface area (Å²) >= 11 is 7.38. The summed E-state index contributed by atoms with van der Waals surface area (Å²) in [6.07, 6.45) is 1.78. The van der Waals surface area contributed by atoms with Gasteiger partial charge < -0.3 is 42.5 Å². The van der Waals surface area contributed by atoms with Gasteiger partial charge in [0.1, 0.15) is 18.1 Å². The lowest BCUT2D eigenvalue weighted by molar-refractivity contribution is -0.141. The Morgan fingerprint density at radius 2 is 1.57 bits per heavy atom. The maximum atomic E-state index is 10.3. The number of carbonyl (C=O) groups is 5. The number of thiol groups is 2. The van der Waals surface area contributed by atoms with Gasteiger partial charge >= 0.3 is 23.9 Å². The molecule has 15 heteroatoms. The highest BCUT2D eigenvalue weighted by Crippen LogP contribution is 2.03. The number of aliphatic carboxylic acids is 4. The molecule has 1 heterocycles. The van der Waals surface area contributed by atoms with Crippen LogP contribution in [0.4, 0.5) is 0 Å². The number of carboxylic acid groups (broad SMARTS) is 4. The van der Waals surface area contributed by atoms with Gasteiger partial charge in [-0.2, -0.15) is 25.3 Å². The van der Waals surface area contributed by atoms with Crippen LogP contribution in [-0.4, -0.2) is 92.9 Å². The Labute approximate surface area is 184 Å². The summed E-state index contributed by atoms with van der Waals surface area (Å²) in [6, 6.07) is -1.96. The van der Waals surface area contributed by atoms with Crippen LogP contribution in [0.3, 0.4) is 0 Å². The highest BCUT2D eigenvalue weighted by atomic mass is 32.1. The van der Waals surface area contributed by atoms with E-state index in [1.165, 1.54) is 6.92 Å². The summed E-state index contributed by atoms with van der Waals surface area (Å²) in [5, 5.41) is 37.4. The molecule has 0 bridgehead atoms. The number of hydrogen-bond acceptors (Lipinski definition) is 10. The van der Waals surface area contributed by atoms with Gasteiger partial charge in [0.05, 0.1) is 6.54 Å². The average Bonchev–Trinajstić information content (AvgIpc) is 3.21. The zero-order chi connectivity index (χ0) is 24.3. The standard InChI is InChI=1S/C5H9NO3S.C5H9NO2.C3H7NO2S.C2H5NO2/c1-3(7)6-4(2-10)5(8)9;7-5(8)4-2-1-3-6-4;4-2(1-7)3(5)6;3-1-2(4)5/h4,10H,2H2,1H3,(H,6,7)(H,8,9);4,6H,1-3H2,(H,7,8);2,7H,1,4H2,(H,5,6);1,3H2,(H,4,5)/t2*4-;2-;/m000./s1. The molecule has 0 aromatic rings. The van der Waals surface area contributed by atoms with E-state index in [2.05, 4.69) is 41.6 Å². The number of nitrogens with two attached hydrogens (primary N) is 2. The molecule has 30 heavy (non-hydrogen) atoms. The van der Waals surface area contributed by atoms with Crippen molar-refractivity contribution in [2.24, 2.45) is 11.5 Å². The summed E-state index contributed by atoms with van der Waals surface area (Å²) in [4.78, 5) is 49.7. The molecule has 0 aliphatic carbocycles. The molecule has 1 fully saturated rings. The van der Waals surface area contributed by atoms with Gasteiger partial charge in [0.15, 0.2) is 0 Å². The monoisotopic (exact) mass is 474 g/mol. The molecule has 1 rings (SSSR count). The Balaban J connectivity index is -0.000000333. The Kier molecular flexibility index (Phi) is 22.0. The summed E-state index contributed by atoms with van der Waals surface area (Å²) < 4.78 is 0. The molecule has 0 saturated carbocycles. The van der Waals surface area contributed by atoms with Gasteiger partial charge in [0.2, 0.25) is 5.91 Å². The van der Waals surface area contributed by atoms with Crippen LogP contribution in [-0.2, 0) is 24.0 Å². The molecule has 0 aromatic heterocycles. The van der Waals surface area contributed by atoms with E-state index in [-0.39, 0.29) is 30.0 Å². The quantitative estimate of drug-likeness (QED) is 0.175. The molecular formula is C15H30N4O9S2. The molecule has 1 aliphatic heterocycles. The van der Waals surface area contributed by atoms with E-state index in [1.807, 2.05) is 0 Å². The van der Waals surface area contributed by atoms with E-state index in [4.69, 9.17) is 26.2 Å². The summed E-state index contributed by atoms with van der Waals surface area (Å²) in [6.45, 7) is 1.84. The second-order valence-electron chi connectivity index (χ2n) is 5.49. The van der Waals surface area contributed by atoms with Crippen LogP contribution in [0.5, 0.6) is 0 Å². The van der Waals surface area contributed by atoms with Crippen LogP contribution in [0.2, 0.25) is 0 Å². The van der Waals surface area contributed by atoms with Gasteiger partial charge in [0, 0.05) is 18.4 Å². The molecule has 13 nitrogen and oxygen atoms in total. The maximum Gasteiger partial charge on any atom is 0.327 e. The lowest BCUT2D eigenvalue weighted by Crippen LogP contribution is -2.40. The fourth-order valence-corrected chi connectivity index (χ4v) is 1.81. The second kappa shape index (κ2) is 20.2. The molecule has 0 aromatic carbocycles. The van der Waals surface area contributed by atoms with Crippen LogP contribution in [0.1, 0.15) is 19.8 Å². The predicted octanol–water partition coefficient (Wildman–Crippen LogP) is -2.31. The van der Waals surface area contributed by atoms with E-state index in [0.717, 1.165) is 19.4 Å². The van der Waals surface area contributed by atoms with Crippen molar-refractivity contribution >= 4 is 55.0 Å². The zero-order valence-electron chi connectivity index (χ0n) is 16.4. The lowest BCUT2D eigenvalue weighted by atomic mass is 10.2. The topological polar surface area (TPSA) is 242 Å². The van der Waals surface area contributed by atoms with E-state index in [0.29, 0.717) is 0 Å². The molecular weight excluding hydrogens is 444 g/mol. The number of hydrogen-bond donors (Lipinski definition) is 10. The Hall–Kier alpha value is -2.07. The number of carbonyl (C=O) groups excluding carboxylic acids is 1. The van der Waals surface area contributed by atoms with Crippen molar-refractivity contribution in [2.75, 3.05) is 24.6 Å². The molecule has 176 valence electrons. The van der Waals surface area contributed by atoms with Crippen molar-refractivity contribution in [1.29, 1.82) is 0 Å². The molecule has 1 amide bonds. The molecule has 3 atom stereocenters. The largest absolute Gasteiger partial charge is 0.480 e. The molecule has 1 aliphatic rings. The van der Waals surface area contributed by atoms with Gasteiger partial charge in [-0.3, -0.25) is 19.2 Å². The Morgan fingerprint density at radius 1 is 1.07 bits per heavy atom. The van der Waals surface area contributed by atoms with Crippen molar-refractivity contribution in [1.82, 2.24) is 10.6 Å². The van der Waals surface area contributed by atoms with Gasteiger partial charge in [-0.15, -0.1) is 0 Å². The van der Waals surface area contributed by atoms with Crippen molar-refractivity contribution in [3.8, 4) is 0 Å². The highest BCUT2D eigenvalue weighted by molar-refractivity contribution is 7.80. The van der Waals surface area contributed by atoms with E-state index in [9.17, 15) is 24.0 Å². The van der Waals surface area contributed by atoms with Crippen LogP contribution in [0.15, 0.2) is 0 Å². The molecule has 10 N–H and O–H groups in total. The predicted molar refractivity (Wildman–Crippen MR) is 114 cm³/mol. The minimum absolute atomic E-state index is 0.106. The van der Waals surface area contributed by atoms with Crippen LogP contribution >= 0.6 is 25.3 Å². The Bertz CT molecular complexity index is 546. The molecule has 1 saturated heterocycles. The third kappa shape index (κ3) is 22.2. The normalized spacial score (nSPS) is 16.0. The number of nitrogens with one attached hydrogen (secondary N) is 2. The zero-order valence-corrected chi connectivity index (χ0v) is 18.1. The van der Waals surface area contributed by atoms with Crippen LogP contribution in [0.25, 0.3) is 0 Å². The summed E-state index contributed by atoms with van der Waals surface area (Å²) in [7, 11) is 0. The van der Waals surface area contributed by atoms with Gasteiger partial charge in [-0.05, 0) is 19.4 Å². The van der Waals surface area contributed by atoms with E-state index in [1.54, 1.807) is 0 Å². The fraction of sp³-hybridized carbons (Fsp3) is 0.667. The second-order valence-corrected chi connectivity index (χ2v) is 6.22. The Morgan fingerprint density at radius 3 is 1.67 bits per heavy atom. The van der Waals surface area contributed by atoms with Crippen molar-refractivity contribution in [3.63, 3.8) is 0 Å². The third-order valence-electron chi connectivity index (χ3n) is 2.91. The number of amides is 1. The first-order valence-electron chi connectivity index (χ1n) is 8.41. The summed E-state index contributed by atoms with van der Waals surface area (Å²) in [5.74, 6) is -3.82. The number of carboxylic acids is 4. The first kappa shape index (κ1) is 32.6. The highest BCUT2D eigenvalue weighted by Gasteiger charge is 2.20. The van der Waals surface area contributed by atoms with Gasteiger partial charge in [-0.25, -0.2) is 4.79 Å². The van der Waals surface area contributed by atoms with Crippen LogP contribution in [0, 0.1) is 0 Å². The van der Waals surface area contributed by atoms with Gasteiger partial charge in [0.25, 0.3) is 0 Å². The van der Waals surface area contributed by atoms with Crippen molar-refractivity contribution in [3.05, 3.63) is 0 Å².